The molecule has 0 amide bonds. The Morgan fingerprint density at radius 1 is 1.44 bits per heavy atom. The van der Waals surface area contributed by atoms with Gasteiger partial charge >= 0.3 is 0 Å². The van der Waals surface area contributed by atoms with Gasteiger partial charge in [-0.1, -0.05) is 0 Å². The first kappa shape index (κ1) is 16.0. The second kappa shape index (κ2) is 6.91. The summed E-state index contributed by atoms with van der Waals surface area (Å²) in [6, 6.07) is 0.604. The topological polar surface area (TPSA) is 60.1 Å². The SMILES string of the molecule is COC1(CN=C(N)N(C)C2CC2)CCOCC1.I. The van der Waals surface area contributed by atoms with Crippen molar-refractivity contribution in [3.63, 3.8) is 0 Å². The first-order valence-electron chi connectivity index (χ1n) is 6.32. The normalized spacial score (nSPS) is 23.3. The Bertz CT molecular complexity index is 289. The predicted octanol–water partition coefficient (Wildman–Crippen LogP) is 1.21. The molecule has 0 aromatic carbocycles. The average Bonchev–Trinajstić information content (AvgIpc) is 3.20. The average molecular weight is 369 g/mol. The summed E-state index contributed by atoms with van der Waals surface area (Å²) >= 11 is 0. The van der Waals surface area contributed by atoms with Gasteiger partial charge < -0.3 is 20.1 Å². The molecule has 0 bridgehead atoms. The molecule has 1 aliphatic heterocycles. The van der Waals surface area contributed by atoms with Crippen molar-refractivity contribution < 1.29 is 9.47 Å². The van der Waals surface area contributed by atoms with Gasteiger partial charge in [0.2, 0.25) is 0 Å². The summed E-state index contributed by atoms with van der Waals surface area (Å²) in [7, 11) is 3.77. The van der Waals surface area contributed by atoms with Gasteiger partial charge in [0.25, 0.3) is 0 Å². The van der Waals surface area contributed by atoms with Crippen LogP contribution < -0.4 is 5.73 Å². The summed E-state index contributed by atoms with van der Waals surface area (Å²) in [5.74, 6) is 0.635. The maximum atomic E-state index is 5.98. The zero-order valence-electron chi connectivity index (χ0n) is 11.2. The lowest BCUT2D eigenvalue weighted by atomic mass is 9.94. The summed E-state index contributed by atoms with van der Waals surface area (Å²) in [6.45, 7) is 2.14. The number of rotatable bonds is 4. The highest BCUT2D eigenvalue weighted by Gasteiger charge is 2.33. The van der Waals surface area contributed by atoms with Crippen LogP contribution in [-0.4, -0.2) is 56.4 Å². The molecule has 2 N–H and O–H groups in total. The largest absolute Gasteiger partial charge is 0.381 e. The number of nitrogens with two attached hydrogens (primary N) is 1. The molecule has 0 atom stereocenters. The standard InChI is InChI=1S/C12H23N3O2.HI/c1-15(10-3-4-10)11(13)14-9-12(16-2)5-7-17-8-6-12;/h10H,3-9H2,1-2H3,(H2,13,14);1H. The van der Waals surface area contributed by atoms with Gasteiger partial charge in [0.1, 0.15) is 0 Å². The number of methoxy groups -OCH3 is 1. The molecule has 106 valence electrons. The van der Waals surface area contributed by atoms with Crippen molar-refractivity contribution in [2.75, 3.05) is 33.9 Å². The molecular formula is C12H24IN3O2. The summed E-state index contributed by atoms with van der Waals surface area (Å²) in [6.07, 6.45) is 4.26. The van der Waals surface area contributed by atoms with Gasteiger partial charge in [-0.2, -0.15) is 0 Å². The molecule has 0 unspecified atom stereocenters. The van der Waals surface area contributed by atoms with Crippen LogP contribution in [0.3, 0.4) is 0 Å². The van der Waals surface area contributed by atoms with Gasteiger partial charge in [-0.15, -0.1) is 24.0 Å². The van der Waals surface area contributed by atoms with Crippen molar-refractivity contribution in [3.05, 3.63) is 0 Å². The van der Waals surface area contributed by atoms with E-state index in [1.165, 1.54) is 12.8 Å². The van der Waals surface area contributed by atoms with Crippen LogP contribution in [0.25, 0.3) is 0 Å². The van der Waals surface area contributed by atoms with Gasteiger partial charge in [0.05, 0.1) is 12.1 Å². The molecule has 2 fully saturated rings. The molecule has 6 heteroatoms. The van der Waals surface area contributed by atoms with E-state index < -0.39 is 0 Å². The van der Waals surface area contributed by atoms with Gasteiger partial charge in [-0.05, 0) is 12.8 Å². The van der Waals surface area contributed by atoms with E-state index in [4.69, 9.17) is 15.2 Å². The molecular weight excluding hydrogens is 345 g/mol. The number of aliphatic imine (C=N–C) groups is 1. The Balaban J connectivity index is 0.00000162. The lowest BCUT2D eigenvalue weighted by molar-refractivity contribution is -0.0829. The fourth-order valence-electron chi connectivity index (χ4n) is 2.16. The second-order valence-electron chi connectivity index (χ2n) is 5.02. The molecule has 0 spiro atoms. The van der Waals surface area contributed by atoms with E-state index in [1.807, 2.05) is 7.05 Å². The van der Waals surface area contributed by atoms with E-state index in [0.29, 0.717) is 18.5 Å². The van der Waals surface area contributed by atoms with Crippen LogP contribution in [-0.2, 0) is 9.47 Å². The van der Waals surface area contributed by atoms with Crippen LogP contribution in [0, 0.1) is 0 Å². The Kier molecular flexibility index (Phi) is 6.13. The highest BCUT2D eigenvalue weighted by atomic mass is 127. The van der Waals surface area contributed by atoms with Crippen LogP contribution in [0.1, 0.15) is 25.7 Å². The summed E-state index contributed by atoms with van der Waals surface area (Å²) in [5, 5.41) is 0. The van der Waals surface area contributed by atoms with Crippen LogP contribution in [0.4, 0.5) is 0 Å². The zero-order chi connectivity index (χ0) is 12.3. The van der Waals surface area contributed by atoms with E-state index in [9.17, 15) is 0 Å². The van der Waals surface area contributed by atoms with Crippen LogP contribution in [0.15, 0.2) is 4.99 Å². The summed E-state index contributed by atoms with van der Waals surface area (Å²) < 4.78 is 11.0. The molecule has 1 aliphatic carbocycles. The fraction of sp³-hybridized carbons (Fsp3) is 0.917. The minimum absolute atomic E-state index is 0. The number of guanidine groups is 1. The molecule has 0 radical (unpaired) electrons. The molecule has 2 rings (SSSR count). The van der Waals surface area contributed by atoms with Crippen LogP contribution in [0.2, 0.25) is 0 Å². The van der Waals surface area contributed by atoms with Gasteiger partial charge in [-0.25, -0.2) is 0 Å². The lowest BCUT2D eigenvalue weighted by Crippen LogP contribution is -2.43. The third kappa shape index (κ3) is 3.96. The Labute approximate surface area is 126 Å². The fourth-order valence-corrected chi connectivity index (χ4v) is 2.16. The number of ether oxygens (including phenoxy) is 2. The maximum absolute atomic E-state index is 5.98. The number of hydrogen-bond donors (Lipinski definition) is 1. The van der Waals surface area contributed by atoms with Crippen molar-refractivity contribution in [1.82, 2.24) is 4.90 Å². The van der Waals surface area contributed by atoms with E-state index in [-0.39, 0.29) is 29.6 Å². The predicted molar refractivity (Wildman–Crippen MR) is 82.5 cm³/mol. The summed E-state index contributed by atoms with van der Waals surface area (Å²) in [4.78, 5) is 6.56. The highest BCUT2D eigenvalue weighted by Crippen LogP contribution is 2.26. The minimum atomic E-state index is -0.173. The molecule has 1 saturated carbocycles. The van der Waals surface area contributed by atoms with Crippen molar-refractivity contribution in [3.8, 4) is 0 Å². The Morgan fingerprint density at radius 3 is 2.56 bits per heavy atom. The highest BCUT2D eigenvalue weighted by molar-refractivity contribution is 14.0. The maximum Gasteiger partial charge on any atom is 0.191 e. The number of nitrogens with zero attached hydrogens (tertiary/aromatic N) is 2. The lowest BCUT2D eigenvalue weighted by Gasteiger charge is -2.34. The molecule has 5 nitrogen and oxygen atoms in total. The van der Waals surface area contributed by atoms with Gasteiger partial charge in [0.15, 0.2) is 5.96 Å². The zero-order valence-corrected chi connectivity index (χ0v) is 13.6. The smallest absolute Gasteiger partial charge is 0.191 e. The van der Waals surface area contributed by atoms with E-state index in [2.05, 4.69) is 9.89 Å². The molecule has 2 aliphatic rings. The van der Waals surface area contributed by atoms with Gasteiger partial charge in [0, 0.05) is 46.3 Å². The van der Waals surface area contributed by atoms with E-state index >= 15 is 0 Å². The van der Waals surface area contributed by atoms with Gasteiger partial charge in [-0.3, -0.25) is 4.99 Å². The van der Waals surface area contributed by atoms with Crippen LogP contribution in [0.5, 0.6) is 0 Å². The quantitative estimate of drug-likeness (QED) is 0.460. The Morgan fingerprint density at radius 2 is 2.06 bits per heavy atom. The molecule has 1 heterocycles. The first-order chi connectivity index (χ1) is 8.17. The summed E-state index contributed by atoms with van der Waals surface area (Å²) in [5.41, 5.74) is 5.80. The van der Waals surface area contributed by atoms with Crippen LogP contribution >= 0.6 is 24.0 Å². The first-order valence-corrected chi connectivity index (χ1v) is 6.32. The molecule has 1 saturated heterocycles. The molecule has 0 aromatic rings. The van der Waals surface area contributed by atoms with Crippen molar-refractivity contribution >= 4 is 29.9 Å². The third-order valence-electron chi connectivity index (χ3n) is 3.82. The Hall–Kier alpha value is -0.0800. The van der Waals surface area contributed by atoms with E-state index in [0.717, 1.165) is 26.1 Å². The second-order valence-corrected chi connectivity index (χ2v) is 5.02. The number of hydrogen-bond acceptors (Lipinski definition) is 3. The van der Waals surface area contributed by atoms with Crippen molar-refractivity contribution in [2.45, 2.75) is 37.3 Å². The molecule has 18 heavy (non-hydrogen) atoms. The van der Waals surface area contributed by atoms with Crippen molar-refractivity contribution in [1.29, 1.82) is 0 Å². The minimum Gasteiger partial charge on any atom is -0.381 e. The monoisotopic (exact) mass is 369 g/mol. The number of halogens is 1. The molecule has 0 aromatic heterocycles. The van der Waals surface area contributed by atoms with E-state index in [1.54, 1.807) is 7.11 Å². The third-order valence-corrected chi connectivity index (χ3v) is 3.82. The van der Waals surface area contributed by atoms with Crippen molar-refractivity contribution in [2.24, 2.45) is 10.7 Å².